The summed E-state index contributed by atoms with van der Waals surface area (Å²) in [4.78, 5) is 23.6. The Morgan fingerprint density at radius 3 is 3.00 bits per heavy atom. The first-order chi connectivity index (χ1) is 8.19. The number of nitrogens with one attached hydrogen (secondary N) is 2. The largest absolute Gasteiger partial charge is 0.354 e. The minimum atomic E-state index is -0.379. The molecule has 1 fully saturated rings. The number of amides is 2. The Bertz CT molecular complexity index is 268. The molecule has 0 radical (unpaired) electrons. The summed E-state index contributed by atoms with van der Waals surface area (Å²) < 4.78 is 0. The van der Waals surface area contributed by atoms with E-state index >= 15 is 0 Å². The lowest BCUT2D eigenvalue weighted by molar-refractivity contribution is -0.131. The summed E-state index contributed by atoms with van der Waals surface area (Å²) in [6, 6.07) is -0.379. The SMILES string of the molecule is CCCC(CN)C(=O)NC1CCCCNC1=O. The molecule has 0 aromatic rings. The normalized spacial score (nSPS) is 22.5. The van der Waals surface area contributed by atoms with Crippen molar-refractivity contribution in [2.24, 2.45) is 11.7 Å². The third-order valence-electron chi connectivity index (χ3n) is 3.14. The Labute approximate surface area is 103 Å². The Kier molecular flexibility index (Phi) is 5.97. The van der Waals surface area contributed by atoms with E-state index in [0.29, 0.717) is 13.1 Å². The van der Waals surface area contributed by atoms with Gasteiger partial charge in [-0.05, 0) is 25.7 Å². The molecule has 0 aliphatic carbocycles. The molecule has 2 unspecified atom stereocenters. The summed E-state index contributed by atoms with van der Waals surface area (Å²) in [6.45, 7) is 3.07. The molecule has 0 spiro atoms. The maximum absolute atomic E-state index is 11.9. The summed E-state index contributed by atoms with van der Waals surface area (Å²) in [5, 5.41) is 5.62. The fraction of sp³-hybridized carbons (Fsp3) is 0.833. The second-order valence-corrected chi connectivity index (χ2v) is 4.57. The molecule has 4 N–H and O–H groups in total. The van der Waals surface area contributed by atoms with E-state index < -0.39 is 0 Å². The van der Waals surface area contributed by atoms with Crippen molar-refractivity contribution in [3.05, 3.63) is 0 Å². The summed E-state index contributed by atoms with van der Waals surface area (Å²) in [5.41, 5.74) is 5.57. The lowest BCUT2D eigenvalue weighted by atomic mass is 10.0. The molecule has 5 heteroatoms. The van der Waals surface area contributed by atoms with E-state index in [1.54, 1.807) is 0 Å². The van der Waals surface area contributed by atoms with E-state index in [9.17, 15) is 9.59 Å². The molecule has 1 aliphatic rings. The Balaban J connectivity index is 2.50. The van der Waals surface area contributed by atoms with Crippen molar-refractivity contribution in [2.45, 2.75) is 45.1 Å². The van der Waals surface area contributed by atoms with Crippen molar-refractivity contribution in [1.29, 1.82) is 0 Å². The van der Waals surface area contributed by atoms with Crippen molar-refractivity contribution in [2.75, 3.05) is 13.1 Å². The predicted octanol–water partition coefficient (Wildman–Crippen LogP) is 0.146. The number of carbonyl (C=O) groups is 2. The van der Waals surface area contributed by atoms with Crippen LogP contribution in [-0.4, -0.2) is 30.9 Å². The first-order valence-electron chi connectivity index (χ1n) is 6.47. The zero-order valence-corrected chi connectivity index (χ0v) is 10.5. The average molecular weight is 241 g/mol. The van der Waals surface area contributed by atoms with Crippen LogP contribution in [0.1, 0.15) is 39.0 Å². The van der Waals surface area contributed by atoms with E-state index in [0.717, 1.165) is 32.1 Å². The third kappa shape index (κ3) is 4.34. The smallest absolute Gasteiger partial charge is 0.242 e. The van der Waals surface area contributed by atoms with Crippen LogP contribution in [0.2, 0.25) is 0 Å². The number of nitrogens with two attached hydrogens (primary N) is 1. The predicted molar refractivity (Wildman–Crippen MR) is 66.2 cm³/mol. The van der Waals surface area contributed by atoms with Crippen LogP contribution in [0.4, 0.5) is 0 Å². The van der Waals surface area contributed by atoms with Gasteiger partial charge in [-0.25, -0.2) is 0 Å². The fourth-order valence-electron chi connectivity index (χ4n) is 2.07. The van der Waals surface area contributed by atoms with Gasteiger partial charge in [-0.2, -0.15) is 0 Å². The molecule has 1 aliphatic heterocycles. The van der Waals surface area contributed by atoms with E-state index in [4.69, 9.17) is 5.73 Å². The topological polar surface area (TPSA) is 84.2 Å². The van der Waals surface area contributed by atoms with Crippen LogP contribution in [0.3, 0.4) is 0 Å². The highest BCUT2D eigenvalue weighted by Crippen LogP contribution is 2.09. The highest BCUT2D eigenvalue weighted by Gasteiger charge is 2.25. The maximum Gasteiger partial charge on any atom is 0.242 e. The minimum absolute atomic E-state index is 0.0666. The van der Waals surface area contributed by atoms with Crippen LogP contribution in [0.5, 0.6) is 0 Å². The molecule has 1 saturated heterocycles. The average Bonchev–Trinajstić information content (AvgIpc) is 2.52. The fourth-order valence-corrected chi connectivity index (χ4v) is 2.07. The van der Waals surface area contributed by atoms with Crippen LogP contribution in [-0.2, 0) is 9.59 Å². The van der Waals surface area contributed by atoms with Gasteiger partial charge < -0.3 is 16.4 Å². The number of carbonyl (C=O) groups excluding carboxylic acids is 2. The molecule has 2 amide bonds. The van der Waals surface area contributed by atoms with Gasteiger partial charge in [0.25, 0.3) is 0 Å². The lowest BCUT2D eigenvalue weighted by Gasteiger charge is -2.19. The van der Waals surface area contributed by atoms with E-state index in [-0.39, 0.29) is 23.8 Å². The summed E-state index contributed by atoms with van der Waals surface area (Å²) >= 11 is 0. The van der Waals surface area contributed by atoms with Crippen molar-refractivity contribution in [1.82, 2.24) is 10.6 Å². The van der Waals surface area contributed by atoms with E-state index in [1.807, 2.05) is 6.92 Å². The summed E-state index contributed by atoms with van der Waals surface area (Å²) in [6.07, 6.45) is 4.36. The Morgan fingerprint density at radius 1 is 1.59 bits per heavy atom. The standard InChI is InChI=1S/C12H23N3O2/c1-2-5-9(8-13)11(16)15-10-6-3-4-7-14-12(10)17/h9-10H,2-8,13H2,1H3,(H,14,17)(H,15,16). The van der Waals surface area contributed by atoms with Crippen molar-refractivity contribution in [3.8, 4) is 0 Å². The highest BCUT2D eigenvalue weighted by atomic mass is 16.2. The molecule has 17 heavy (non-hydrogen) atoms. The second-order valence-electron chi connectivity index (χ2n) is 4.57. The molecule has 2 atom stereocenters. The molecule has 0 aromatic heterocycles. The number of hydrogen-bond donors (Lipinski definition) is 3. The van der Waals surface area contributed by atoms with Gasteiger partial charge in [0.05, 0.1) is 5.92 Å². The molecular weight excluding hydrogens is 218 g/mol. The van der Waals surface area contributed by atoms with Gasteiger partial charge in [-0.1, -0.05) is 13.3 Å². The van der Waals surface area contributed by atoms with Crippen LogP contribution in [0.15, 0.2) is 0 Å². The quantitative estimate of drug-likeness (QED) is 0.640. The van der Waals surface area contributed by atoms with Crippen molar-refractivity contribution >= 4 is 11.8 Å². The summed E-state index contributed by atoms with van der Waals surface area (Å²) in [5.74, 6) is -0.324. The Morgan fingerprint density at radius 2 is 2.35 bits per heavy atom. The van der Waals surface area contributed by atoms with Crippen LogP contribution in [0.25, 0.3) is 0 Å². The highest BCUT2D eigenvalue weighted by molar-refractivity contribution is 5.88. The van der Waals surface area contributed by atoms with Crippen LogP contribution >= 0.6 is 0 Å². The molecule has 5 nitrogen and oxygen atoms in total. The van der Waals surface area contributed by atoms with Gasteiger partial charge in [0, 0.05) is 13.1 Å². The van der Waals surface area contributed by atoms with Gasteiger partial charge in [-0.3, -0.25) is 9.59 Å². The van der Waals surface area contributed by atoms with Crippen LogP contribution in [0, 0.1) is 5.92 Å². The maximum atomic E-state index is 11.9. The molecule has 0 saturated carbocycles. The number of hydrogen-bond acceptors (Lipinski definition) is 3. The van der Waals surface area contributed by atoms with Crippen LogP contribution < -0.4 is 16.4 Å². The number of rotatable bonds is 5. The molecule has 98 valence electrons. The zero-order valence-electron chi connectivity index (χ0n) is 10.5. The Hall–Kier alpha value is -1.10. The second kappa shape index (κ2) is 7.27. The van der Waals surface area contributed by atoms with E-state index in [1.165, 1.54) is 0 Å². The zero-order chi connectivity index (χ0) is 12.7. The monoisotopic (exact) mass is 241 g/mol. The molecule has 0 aromatic carbocycles. The third-order valence-corrected chi connectivity index (χ3v) is 3.14. The lowest BCUT2D eigenvalue weighted by Crippen LogP contribution is -2.48. The van der Waals surface area contributed by atoms with Crippen molar-refractivity contribution in [3.63, 3.8) is 0 Å². The van der Waals surface area contributed by atoms with Crippen molar-refractivity contribution < 1.29 is 9.59 Å². The van der Waals surface area contributed by atoms with Gasteiger partial charge in [0.1, 0.15) is 6.04 Å². The van der Waals surface area contributed by atoms with Gasteiger partial charge in [0.2, 0.25) is 11.8 Å². The minimum Gasteiger partial charge on any atom is -0.354 e. The van der Waals surface area contributed by atoms with Gasteiger partial charge >= 0.3 is 0 Å². The van der Waals surface area contributed by atoms with Gasteiger partial charge in [-0.15, -0.1) is 0 Å². The van der Waals surface area contributed by atoms with E-state index in [2.05, 4.69) is 10.6 Å². The van der Waals surface area contributed by atoms with Gasteiger partial charge in [0.15, 0.2) is 0 Å². The molecule has 0 bridgehead atoms. The molecule has 1 rings (SSSR count). The molecular formula is C12H23N3O2. The molecule has 1 heterocycles. The summed E-state index contributed by atoms with van der Waals surface area (Å²) in [7, 11) is 0. The first kappa shape index (κ1) is 14.0. The first-order valence-corrected chi connectivity index (χ1v) is 6.47.